The number of carbonyl (C=O) groups is 2. The van der Waals surface area contributed by atoms with Gasteiger partial charge in [-0.05, 0) is 147 Å². The van der Waals surface area contributed by atoms with E-state index in [2.05, 4.69) is 33.4 Å². The van der Waals surface area contributed by atoms with Crippen molar-refractivity contribution in [1.29, 1.82) is 0 Å². The largest absolute Gasteiger partial charge is 0.462 e. The van der Waals surface area contributed by atoms with Crippen LogP contribution in [0.5, 0.6) is 0 Å². The number of ether oxygens (including phenoxy) is 2. The highest BCUT2D eigenvalue weighted by Gasteiger charge is 2.10. The first-order valence-electron chi connectivity index (χ1n) is 14.1. The van der Waals surface area contributed by atoms with Crippen LogP contribution in [0.15, 0.2) is 84.9 Å². The third-order valence-corrected chi connectivity index (χ3v) is 7.00. The van der Waals surface area contributed by atoms with Crippen LogP contribution in [0.25, 0.3) is 11.1 Å². The Labute approximate surface area is 268 Å². The van der Waals surface area contributed by atoms with Gasteiger partial charge in [-0.2, -0.15) is 0 Å². The number of benzene rings is 4. The Morgan fingerprint density at radius 2 is 0.932 bits per heavy atom. The van der Waals surface area contributed by atoms with Gasteiger partial charge in [0, 0.05) is 22.7 Å². The summed E-state index contributed by atoms with van der Waals surface area (Å²) in [5.74, 6) is -0.707. The Bertz CT molecular complexity index is 1550. The molecule has 0 aromatic heterocycles. The SMILES string of the molecule is CCOC(=O)c1ccc(NC(=S)Nc2ccc(-c3ccc(NC(=S)Nc4ccc(C(=O)OCC)cc4)c(C)c3)cc2C)cc1. The molecule has 0 bridgehead atoms. The van der Waals surface area contributed by atoms with Gasteiger partial charge in [-0.25, -0.2) is 9.59 Å². The predicted molar refractivity (Wildman–Crippen MR) is 186 cm³/mol. The van der Waals surface area contributed by atoms with E-state index < -0.39 is 0 Å². The molecule has 0 aliphatic carbocycles. The van der Waals surface area contributed by atoms with Crippen LogP contribution in [0.2, 0.25) is 0 Å². The highest BCUT2D eigenvalue weighted by molar-refractivity contribution is 7.81. The normalized spacial score (nSPS) is 10.4. The second-order valence-corrected chi connectivity index (χ2v) is 10.6. The minimum Gasteiger partial charge on any atom is -0.462 e. The van der Waals surface area contributed by atoms with Crippen molar-refractivity contribution >= 4 is 69.3 Å². The van der Waals surface area contributed by atoms with Gasteiger partial charge in [-0.3, -0.25) is 0 Å². The molecule has 0 amide bonds. The van der Waals surface area contributed by atoms with Gasteiger partial charge < -0.3 is 30.7 Å². The van der Waals surface area contributed by atoms with Crippen molar-refractivity contribution in [2.24, 2.45) is 0 Å². The highest BCUT2D eigenvalue weighted by Crippen LogP contribution is 2.28. The number of esters is 2. The van der Waals surface area contributed by atoms with Gasteiger partial charge in [0.15, 0.2) is 10.2 Å². The molecule has 8 nitrogen and oxygen atoms in total. The molecule has 4 rings (SSSR count). The molecular formula is C34H34N4O4S2. The maximum absolute atomic E-state index is 11.9. The van der Waals surface area contributed by atoms with E-state index in [1.807, 2.05) is 38.1 Å². The number of rotatable bonds is 9. The maximum Gasteiger partial charge on any atom is 0.338 e. The van der Waals surface area contributed by atoms with Crippen LogP contribution < -0.4 is 21.3 Å². The highest BCUT2D eigenvalue weighted by atomic mass is 32.1. The van der Waals surface area contributed by atoms with Crippen LogP contribution in [0.4, 0.5) is 22.7 Å². The van der Waals surface area contributed by atoms with E-state index >= 15 is 0 Å². The molecule has 0 unspecified atom stereocenters. The van der Waals surface area contributed by atoms with E-state index in [1.165, 1.54) is 0 Å². The summed E-state index contributed by atoms with van der Waals surface area (Å²) >= 11 is 11.0. The first-order chi connectivity index (χ1) is 21.2. The molecular weight excluding hydrogens is 593 g/mol. The van der Waals surface area contributed by atoms with E-state index in [0.717, 1.165) is 45.0 Å². The van der Waals surface area contributed by atoms with Gasteiger partial charge in [0.1, 0.15) is 0 Å². The van der Waals surface area contributed by atoms with Crippen LogP contribution in [0, 0.1) is 13.8 Å². The molecule has 0 saturated heterocycles. The molecule has 0 aliphatic rings. The summed E-state index contributed by atoms with van der Waals surface area (Å²) in [5.41, 5.74) is 8.46. The zero-order valence-electron chi connectivity index (χ0n) is 24.9. The molecule has 0 aliphatic heterocycles. The fourth-order valence-corrected chi connectivity index (χ4v) is 4.80. The Kier molecular flexibility index (Phi) is 11.0. The van der Waals surface area contributed by atoms with Crippen LogP contribution in [-0.2, 0) is 9.47 Å². The Balaban J connectivity index is 1.34. The Hall–Kier alpha value is -4.80. The fraction of sp³-hybridized carbons (Fsp3) is 0.176. The summed E-state index contributed by atoms with van der Waals surface area (Å²) in [6, 6.07) is 26.2. The van der Waals surface area contributed by atoms with Gasteiger partial charge in [-0.15, -0.1) is 0 Å². The first kappa shape index (κ1) is 32.1. The molecule has 4 aromatic carbocycles. The van der Waals surface area contributed by atoms with Crippen molar-refractivity contribution in [1.82, 2.24) is 0 Å². The quantitative estimate of drug-likeness (QED) is 0.108. The first-order valence-corrected chi connectivity index (χ1v) is 14.9. The number of carbonyl (C=O) groups excluding carboxylic acids is 2. The molecule has 0 atom stereocenters. The van der Waals surface area contributed by atoms with E-state index in [0.29, 0.717) is 34.6 Å². The molecule has 0 radical (unpaired) electrons. The van der Waals surface area contributed by atoms with Gasteiger partial charge in [-0.1, -0.05) is 12.1 Å². The number of hydrogen-bond donors (Lipinski definition) is 4. The summed E-state index contributed by atoms with van der Waals surface area (Å²) in [5, 5.41) is 13.7. The summed E-state index contributed by atoms with van der Waals surface area (Å²) in [7, 11) is 0. The van der Waals surface area contributed by atoms with Crippen molar-refractivity contribution < 1.29 is 19.1 Å². The molecule has 0 spiro atoms. The molecule has 10 heteroatoms. The van der Waals surface area contributed by atoms with Crippen LogP contribution in [0.1, 0.15) is 45.7 Å². The Morgan fingerprint density at radius 1 is 0.568 bits per heavy atom. The second kappa shape index (κ2) is 15.1. The number of thiocarbonyl (C=S) groups is 2. The number of nitrogens with one attached hydrogen (secondary N) is 4. The molecule has 0 fully saturated rings. The zero-order chi connectivity index (χ0) is 31.6. The predicted octanol–water partition coefficient (Wildman–Crippen LogP) is 7.94. The zero-order valence-corrected chi connectivity index (χ0v) is 26.6. The molecule has 4 aromatic rings. The summed E-state index contributed by atoms with van der Waals surface area (Å²) in [4.78, 5) is 23.7. The Morgan fingerprint density at radius 3 is 1.25 bits per heavy atom. The molecule has 4 N–H and O–H groups in total. The van der Waals surface area contributed by atoms with E-state index in [9.17, 15) is 9.59 Å². The van der Waals surface area contributed by atoms with Crippen LogP contribution in [0.3, 0.4) is 0 Å². The van der Waals surface area contributed by atoms with Crippen LogP contribution >= 0.6 is 24.4 Å². The molecule has 0 heterocycles. The molecule has 44 heavy (non-hydrogen) atoms. The van der Waals surface area contributed by atoms with Crippen molar-refractivity contribution in [3.8, 4) is 11.1 Å². The lowest BCUT2D eigenvalue weighted by molar-refractivity contribution is 0.0517. The van der Waals surface area contributed by atoms with E-state index in [-0.39, 0.29) is 11.9 Å². The van der Waals surface area contributed by atoms with Gasteiger partial charge in [0.25, 0.3) is 0 Å². The average Bonchev–Trinajstić information content (AvgIpc) is 3.00. The summed E-state index contributed by atoms with van der Waals surface area (Å²) < 4.78 is 10.0. The summed E-state index contributed by atoms with van der Waals surface area (Å²) in [6.45, 7) is 8.26. The van der Waals surface area contributed by atoms with E-state index in [1.54, 1.807) is 62.4 Å². The third-order valence-electron chi connectivity index (χ3n) is 6.59. The maximum atomic E-state index is 11.9. The topological polar surface area (TPSA) is 101 Å². The second-order valence-electron chi connectivity index (χ2n) is 9.81. The number of aryl methyl sites for hydroxylation is 2. The molecule has 0 saturated carbocycles. The van der Waals surface area contributed by atoms with Gasteiger partial charge in [0.05, 0.1) is 24.3 Å². The smallest absolute Gasteiger partial charge is 0.338 e. The standard InChI is InChI=1S/C34H34N4O4S2/c1-5-41-31(39)23-7-13-27(14-8-23)35-33(43)37-29-17-11-25(19-21(29)3)26-12-18-30(22(4)20-26)38-34(44)36-28-15-9-24(10-16-28)32(40)42-6-2/h7-20H,5-6H2,1-4H3,(H2,35,37,43)(H2,36,38,44). The van der Waals surface area contributed by atoms with Crippen molar-refractivity contribution in [3.05, 3.63) is 107 Å². The third kappa shape index (κ3) is 8.62. The van der Waals surface area contributed by atoms with Gasteiger partial charge >= 0.3 is 11.9 Å². The fourth-order valence-electron chi connectivity index (χ4n) is 4.34. The lowest BCUT2D eigenvalue weighted by atomic mass is 10.00. The lowest BCUT2D eigenvalue weighted by Crippen LogP contribution is -2.19. The van der Waals surface area contributed by atoms with Crippen molar-refractivity contribution in [3.63, 3.8) is 0 Å². The minimum atomic E-state index is -0.354. The minimum absolute atomic E-state index is 0.331. The monoisotopic (exact) mass is 626 g/mol. The van der Waals surface area contributed by atoms with Gasteiger partial charge in [0.2, 0.25) is 0 Å². The van der Waals surface area contributed by atoms with Crippen molar-refractivity contribution in [2.75, 3.05) is 34.5 Å². The summed E-state index contributed by atoms with van der Waals surface area (Å²) in [6.07, 6.45) is 0. The number of hydrogen-bond acceptors (Lipinski definition) is 6. The molecule has 226 valence electrons. The lowest BCUT2D eigenvalue weighted by Gasteiger charge is -2.16. The number of anilines is 4. The van der Waals surface area contributed by atoms with Crippen molar-refractivity contribution in [2.45, 2.75) is 27.7 Å². The van der Waals surface area contributed by atoms with E-state index in [4.69, 9.17) is 33.9 Å². The average molecular weight is 627 g/mol. The van der Waals surface area contributed by atoms with Crippen LogP contribution in [-0.4, -0.2) is 35.4 Å².